The lowest BCUT2D eigenvalue weighted by molar-refractivity contribution is 0.104. The number of rotatable bonds is 4. The zero-order chi connectivity index (χ0) is 17.3. The molecular weight excluding hydrogens is 325 g/mol. The molecule has 2 aromatic carbocycles. The Morgan fingerprint density at radius 1 is 1.21 bits per heavy atom. The molecule has 0 aliphatic heterocycles. The molecule has 0 radical (unpaired) electrons. The van der Waals surface area contributed by atoms with E-state index >= 15 is 0 Å². The van der Waals surface area contributed by atoms with Gasteiger partial charge in [-0.05, 0) is 37.6 Å². The summed E-state index contributed by atoms with van der Waals surface area (Å²) in [6, 6.07) is 11.7. The number of halogens is 1. The Kier molecular flexibility index (Phi) is 4.31. The average molecular weight is 341 g/mol. The van der Waals surface area contributed by atoms with Gasteiger partial charge in [0.2, 0.25) is 5.78 Å². The van der Waals surface area contributed by atoms with Gasteiger partial charge in [-0.15, -0.1) is 0 Å². The standard InChI is InChI=1S/C18H16FN3OS/c1-10-6-7-14(11(2)8-10)15(23)16-17(20)22-18(24-16)21-13-5-3-4-12(19)9-13/h3-9H,20H2,1-2H3,(H,21,22). The SMILES string of the molecule is Cc1ccc(C(=O)c2sc(Nc3cccc(F)c3)nc2N)c(C)c1. The molecule has 0 bridgehead atoms. The van der Waals surface area contributed by atoms with Gasteiger partial charge < -0.3 is 11.1 Å². The third-order valence-corrected chi connectivity index (χ3v) is 4.55. The number of carbonyl (C=O) groups excluding carboxylic acids is 1. The number of aryl methyl sites for hydroxylation is 2. The maximum absolute atomic E-state index is 13.2. The van der Waals surface area contributed by atoms with Crippen LogP contribution in [0, 0.1) is 19.7 Å². The van der Waals surface area contributed by atoms with E-state index in [0.29, 0.717) is 21.3 Å². The summed E-state index contributed by atoms with van der Waals surface area (Å²) in [5.74, 6) is -0.338. The third-order valence-electron chi connectivity index (χ3n) is 3.56. The number of anilines is 3. The van der Waals surface area contributed by atoms with Crippen molar-refractivity contribution >= 4 is 33.8 Å². The van der Waals surface area contributed by atoms with Gasteiger partial charge in [-0.3, -0.25) is 4.79 Å². The molecule has 1 heterocycles. The highest BCUT2D eigenvalue weighted by atomic mass is 32.1. The molecule has 0 atom stereocenters. The van der Waals surface area contributed by atoms with Gasteiger partial charge in [0, 0.05) is 11.3 Å². The lowest BCUT2D eigenvalue weighted by atomic mass is 10.0. The van der Waals surface area contributed by atoms with E-state index in [1.165, 1.54) is 12.1 Å². The van der Waals surface area contributed by atoms with Crippen LogP contribution in [-0.4, -0.2) is 10.8 Å². The molecule has 0 saturated heterocycles. The molecule has 122 valence electrons. The minimum atomic E-state index is -0.351. The number of benzene rings is 2. The Morgan fingerprint density at radius 3 is 2.71 bits per heavy atom. The third kappa shape index (κ3) is 3.28. The van der Waals surface area contributed by atoms with Gasteiger partial charge in [0.05, 0.1) is 0 Å². The van der Waals surface area contributed by atoms with Crippen LogP contribution in [0.5, 0.6) is 0 Å². The molecule has 0 amide bonds. The average Bonchev–Trinajstić information content (AvgIpc) is 2.87. The molecule has 0 saturated carbocycles. The van der Waals surface area contributed by atoms with Crippen molar-refractivity contribution < 1.29 is 9.18 Å². The number of aromatic nitrogens is 1. The minimum absolute atomic E-state index is 0.158. The highest BCUT2D eigenvalue weighted by Crippen LogP contribution is 2.30. The maximum atomic E-state index is 13.2. The fourth-order valence-electron chi connectivity index (χ4n) is 2.43. The molecule has 24 heavy (non-hydrogen) atoms. The number of hydrogen-bond donors (Lipinski definition) is 2. The van der Waals surface area contributed by atoms with Crippen LogP contribution in [0.1, 0.15) is 26.4 Å². The number of nitrogens with one attached hydrogen (secondary N) is 1. The molecule has 0 aliphatic carbocycles. The molecule has 3 N–H and O–H groups in total. The lowest BCUT2D eigenvalue weighted by Gasteiger charge is -2.04. The number of nitrogen functional groups attached to an aromatic ring is 1. The van der Waals surface area contributed by atoms with Crippen molar-refractivity contribution in [3.05, 3.63) is 69.8 Å². The first-order chi connectivity index (χ1) is 11.4. The van der Waals surface area contributed by atoms with Crippen molar-refractivity contribution in [1.82, 2.24) is 4.98 Å². The zero-order valence-corrected chi connectivity index (χ0v) is 14.1. The summed E-state index contributed by atoms with van der Waals surface area (Å²) in [7, 11) is 0. The van der Waals surface area contributed by atoms with Crippen LogP contribution in [0.15, 0.2) is 42.5 Å². The van der Waals surface area contributed by atoms with E-state index in [2.05, 4.69) is 10.3 Å². The number of ketones is 1. The van der Waals surface area contributed by atoms with E-state index in [1.54, 1.807) is 18.2 Å². The van der Waals surface area contributed by atoms with Crippen molar-refractivity contribution in [3.8, 4) is 0 Å². The molecule has 1 aromatic heterocycles. The van der Waals surface area contributed by atoms with Crippen LogP contribution < -0.4 is 11.1 Å². The second-order valence-corrected chi connectivity index (χ2v) is 6.52. The van der Waals surface area contributed by atoms with E-state index in [1.807, 2.05) is 26.0 Å². The van der Waals surface area contributed by atoms with Crippen molar-refractivity contribution in [1.29, 1.82) is 0 Å². The molecule has 4 nitrogen and oxygen atoms in total. The fourth-order valence-corrected chi connectivity index (χ4v) is 3.29. The zero-order valence-electron chi connectivity index (χ0n) is 13.3. The summed E-state index contributed by atoms with van der Waals surface area (Å²) in [6.45, 7) is 3.87. The second kappa shape index (κ2) is 6.41. The van der Waals surface area contributed by atoms with Gasteiger partial charge in [-0.1, -0.05) is 41.2 Å². The molecule has 3 rings (SSSR count). The molecule has 0 unspecified atom stereocenters. The van der Waals surface area contributed by atoms with Crippen molar-refractivity contribution in [2.75, 3.05) is 11.1 Å². The van der Waals surface area contributed by atoms with Crippen LogP contribution >= 0.6 is 11.3 Å². The van der Waals surface area contributed by atoms with Gasteiger partial charge in [-0.2, -0.15) is 0 Å². The molecule has 0 aliphatic rings. The predicted octanol–water partition coefficient (Wildman–Crippen LogP) is 4.46. The van der Waals surface area contributed by atoms with Crippen molar-refractivity contribution in [2.24, 2.45) is 0 Å². The quantitative estimate of drug-likeness (QED) is 0.688. The number of carbonyl (C=O) groups is 1. The van der Waals surface area contributed by atoms with Gasteiger partial charge in [-0.25, -0.2) is 9.37 Å². The Balaban J connectivity index is 1.89. The highest BCUT2D eigenvalue weighted by molar-refractivity contribution is 7.18. The van der Waals surface area contributed by atoms with Gasteiger partial charge in [0.1, 0.15) is 16.5 Å². The summed E-state index contributed by atoms with van der Waals surface area (Å²) in [5, 5.41) is 3.42. The highest BCUT2D eigenvalue weighted by Gasteiger charge is 2.19. The van der Waals surface area contributed by atoms with Crippen LogP contribution in [-0.2, 0) is 0 Å². The van der Waals surface area contributed by atoms with E-state index in [0.717, 1.165) is 22.5 Å². The predicted molar refractivity (Wildman–Crippen MR) is 95.6 cm³/mol. The first kappa shape index (κ1) is 16.1. The molecule has 0 fully saturated rings. The Morgan fingerprint density at radius 2 is 2.00 bits per heavy atom. The summed E-state index contributed by atoms with van der Waals surface area (Å²) < 4.78 is 13.2. The molecular formula is C18H16FN3OS. The Hall–Kier alpha value is -2.73. The maximum Gasteiger partial charge on any atom is 0.207 e. The Bertz CT molecular complexity index is 920. The fraction of sp³-hybridized carbons (Fsp3) is 0.111. The molecule has 3 aromatic rings. The largest absolute Gasteiger partial charge is 0.382 e. The van der Waals surface area contributed by atoms with Gasteiger partial charge >= 0.3 is 0 Å². The summed E-state index contributed by atoms with van der Waals surface area (Å²) in [5.41, 5.74) is 9.05. The van der Waals surface area contributed by atoms with Crippen LogP contribution in [0.2, 0.25) is 0 Å². The van der Waals surface area contributed by atoms with E-state index in [-0.39, 0.29) is 17.4 Å². The number of thiazole rings is 1. The minimum Gasteiger partial charge on any atom is -0.382 e. The van der Waals surface area contributed by atoms with Gasteiger partial charge in [0.15, 0.2) is 5.13 Å². The Labute approximate surface area is 143 Å². The normalized spacial score (nSPS) is 10.6. The van der Waals surface area contributed by atoms with Crippen molar-refractivity contribution in [3.63, 3.8) is 0 Å². The molecule has 6 heteroatoms. The first-order valence-corrected chi connectivity index (χ1v) is 8.16. The summed E-state index contributed by atoms with van der Waals surface area (Å²) >= 11 is 1.16. The number of nitrogens with two attached hydrogens (primary N) is 1. The smallest absolute Gasteiger partial charge is 0.207 e. The second-order valence-electron chi connectivity index (χ2n) is 5.52. The first-order valence-electron chi connectivity index (χ1n) is 7.35. The van der Waals surface area contributed by atoms with E-state index in [4.69, 9.17) is 5.73 Å². The number of hydrogen-bond acceptors (Lipinski definition) is 5. The van der Waals surface area contributed by atoms with Crippen LogP contribution in [0.25, 0.3) is 0 Å². The van der Waals surface area contributed by atoms with Crippen LogP contribution in [0.3, 0.4) is 0 Å². The topological polar surface area (TPSA) is 68.0 Å². The van der Waals surface area contributed by atoms with E-state index < -0.39 is 0 Å². The van der Waals surface area contributed by atoms with Crippen molar-refractivity contribution in [2.45, 2.75) is 13.8 Å². The van der Waals surface area contributed by atoms with E-state index in [9.17, 15) is 9.18 Å². The summed E-state index contributed by atoms with van der Waals surface area (Å²) in [4.78, 5) is 17.3. The monoisotopic (exact) mass is 341 g/mol. The van der Waals surface area contributed by atoms with Crippen LogP contribution in [0.4, 0.5) is 21.0 Å². The lowest BCUT2D eigenvalue weighted by Crippen LogP contribution is -2.04. The summed E-state index contributed by atoms with van der Waals surface area (Å²) in [6.07, 6.45) is 0. The number of nitrogens with zero attached hydrogens (tertiary/aromatic N) is 1. The molecule has 0 spiro atoms. The van der Waals surface area contributed by atoms with Gasteiger partial charge in [0.25, 0.3) is 0 Å².